The Bertz CT molecular complexity index is 1230. The van der Waals surface area contributed by atoms with Gasteiger partial charge >= 0.3 is 0 Å². The number of carbonyl (C=O) groups excluding carboxylic acids is 1. The molecular formula is C24H26FN7O2. The van der Waals surface area contributed by atoms with E-state index in [0.717, 1.165) is 17.7 Å². The summed E-state index contributed by atoms with van der Waals surface area (Å²) in [6, 6.07) is 8.37. The number of hydrogen-bond donors (Lipinski definition) is 2. The Labute approximate surface area is 196 Å². The maximum absolute atomic E-state index is 14.7. The van der Waals surface area contributed by atoms with E-state index in [2.05, 4.69) is 49.7 Å². The van der Waals surface area contributed by atoms with Crippen molar-refractivity contribution >= 4 is 12.0 Å². The maximum Gasteiger partial charge on any atom is 0.176 e. The number of carbonyl (C=O) groups is 1. The van der Waals surface area contributed by atoms with Gasteiger partial charge in [0.2, 0.25) is 0 Å². The van der Waals surface area contributed by atoms with Crippen molar-refractivity contribution in [3.8, 4) is 0 Å². The van der Waals surface area contributed by atoms with Gasteiger partial charge < -0.3 is 15.3 Å². The molecule has 1 aromatic carbocycles. The molecule has 2 unspecified atom stereocenters. The average molecular weight is 464 g/mol. The molecule has 9 nitrogen and oxygen atoms in total. The summed E-state index contributed by atoms with van der Waals surface area (Å²) in [6.07, 6.45) is 6.26. The number of hydrazone groups is 1. The third kappa shape index (κ3) is 3.95. The minimum absolute atomic E-state index is 0.0303. The fraction of sp³-hybridized carbons (Fsp3) is 0.333. The Morgan fingerprint density at radius 1 is 1.26 bits per heavy atom. The topological polar surface area (TPSA) is 98.9 Å². The van der Waals surface area contributed by atoms with E-state index in [4.69, 9.17) is 0 Å². The molecule has 0 radical (unpaired) electrons. The first-order chi connectivity index (χ1) is 16.5. The van der Waals surface area contributed by atoms with Crippen molar-refractivity contribution < 1.29 is 14.4 Å². The van der Waals surface area contributed by atoms with Gasteiger partial charge in [0.1, 0.15) is 17.8 Å². The Morgan fingerprint density at radius 2 is 2.06 bits per heavy atom. The number of benzene rings is 1. The molecule has 0 saturated heterocycles. The third-order valence-electron chi connectivity index (χ3n) is 6.19. The Morgan fingerprint density at radius 3 is 2.79 bits per heavy atom. The maximum atomic E-state index is 14.7. The number of halogens is 1. The first-order valence-electron chi connectivity index (χ1n) is 11.1. The van der Waals surface area contributed by atoms with Crippen LogP contribution in [0.4, 0.5) is 4.48 Å². The minimum atomic E-state index is -0.373. The highest BCUT2D eigenvalue weighted by Crippen LogP contribution is 2.47. The summed E-state index contributed by atoms with van der Waals surface area (Å²) in [5.74, 6) is -0.169. The molecule has 2 aliphatic heterocycles. The molecule has 0 fully saturated rings. The van der Waals surface area contributed by atoms with Gasteiger partial charge in [-0.25, -0.2) is 9.67 Å². The largest absolute Gasteiger partial charge is 0.394 e. The highest BCUT2D eigenvalue weighted by atomic mass is 19.2. The molecule has 2 aromatic rings. The lowest BCUT2D eigenvalue weighted by Crippen LogP contribution is -2.33. The quantitative estimate of drug-likeness (QED) is 0.629. The lowest BCUT2D eigenvalue weighted by atomic mass is 9.74. The standard InChI is InChI=1S/C24H26FN7O2/c1-30(2)13-15-3-5-16(6-4-15)19-9-17-11-28-32(25)20-10-18(34)12-26-23(21(17)20)22(19)24-27-14-29-31(24)7-8-33/h3-6,9-11,14,19,22,26,33H,7-8,12-13H2,1-2H3. The van der Waals surface area contributed by atoms with Gasteiger partial charge in [-0.1, -0.05) is 40.1 Å². The lowest BCUT2D eigenvalue weighted by Gasteiger charge is -2.35. The highest BCUT2D eigenvalue weighted by molar-refractivity contribution is 5.97. The molecule has 2 atom stereocenters. The summed E-state index contributed by atoms with van der Waals surface area (Å²) in [4.78, 5) is 19.0. The smallest absolute Gasteiger partial charge is 0.176 e. The Kier molecular flexibility index (Phi) is 5.84. The minimum Gasteiger partial charge on any atom is -0.394 e. The zero-order valence-electron chi connectivity index (χ0n) is 19.0. The van der Waals surface area contributed by atoms with Crippen LogP contribution in [0.15, 0.2) is 70.4 Å². The number of nitrogens with one attached hydrogen (secondary N) is 1. The molecule has 2 N–H and O–H groups in total. The molecule has 0 spiro atoms. The van der Waals surface area contributed by atoms with Crippen molar-refractivity contribution in [3.63, 3.8) is 0 Å². The molecule has 0 saturated carbocycles. The zero-order chi connectivity index (χ0) is 23.8. The van der Waals surface area contributed by atoms with Gasteiger partial charge in [-0.2, -0.15) is 5.10 Å². The van der Waals surface area contributed by atoms with Crippen molar-refractivity contribution in [2.45, 2.75) is 24.9 Å². The molecule has 10 heteroatoms. The summed E-state index contributed by atoms with van der Waals surface area (Å²) in [5.41, 5.74) is 4.36. The van der Waals surface area contributed by atoms with Gasteiger partial charge in [-0.05, 0) is 25.2 Å². The fourth-order valence-corrected chi connectivity index (χ4v) is 4.80. The summed E-state index contributed by atoms with van der Waals surface area (Å²) >= 11 is 0. The van der Waals surface area contributed by atoms with E-state index in [0.29, 0.717) is 17.1 Å². The van der Waals surface area contributed by atoms with Gasteiger partial charge in [0.05, 0.1) is 31.8 Å². The van der Waals surface area contributed by atoms with Crippen LogP contribution in [0, 0.1) is 0 Å². The van der Waals surface area contributed by atoms with Gasteiger partial charge in [-0.15, -0.1) is 5.10 Å². The van der Waals surface area contributed by atoms with Crippen LogP contribution < -0.4 is 5.32 Å². The molecule has 34 heavy (non-hydrogen) atoms. The van der Waals surface area contributed by atoms with Gasteiger partial charge in [0.15, 0.2) is 5.78 Å². The van der Waals surface area contributed by atoms with Crippen LogP contribution in [-0.2, 0) is 17.9 Å². The van der Waals surface area contributed by atoms with Crippen molar-refractivity contribution in [3.05, 3.63) is 82.2 Å². The van der Waals surface area contributed by atoms with E-state index in [1.165, 1.54) is 24.2 Å². The van der Waals surface area contributed by atoms with Crippen molar-refractivity contribution in [1.82, 2.24) is 30.2 Å². The Balaban J connectivity index is 1.67. The average Bonchev–Trinajstić information content (AvgIpc) is 3.18. The lowest BCUT2D eigenvalue weighted by molar-refractivity contribution is -0.113. The number of aliphatic hydroxyl groups is 1. The number of aromatic nitrogens is 3. The van der Waals surface area contributed by atoms with Gasteiger partial charge in [0, 0.05) is 35.4 Å². The first kappa shape index (κ1) is 22.2. The number of allylic oxidation sites excluding steroid dienone is 3. The SMILES string of the molecule is CN(C)Cc1ccc(C2C=C3C=NN(F)C4=CC(=O)CNC(=C34)C2c2ncnn2CCO)cc1. The monoisotopic (exact) mass is 463 g/mol. The molecule has 176 valence electrons. The van der Waals surface area contributed by atoms with E-state index < -0.39 is 0 Å². The summed E-state index contributed by atoms with van der Waals surface area (Å²) < 4.78 is 16.3. The van der Waals surface area contributed by atoms with Crippen molar-refractivity contribution in [2.75, 3.05) is 27.2 Å². The molecule has 1 aliphatic carbocycles. The second kappa shape index (κ2) is 8.96. The molecule has 0 amide bonds. The highest BCUT2D eigenvalue weighted by Gasteiger charge is 2.41. The van der Waals surface area contributed by atoms with Crippen molar-refractivity contribution in [1.29, 1.82) is 0 Å². The van der Waals surface area contributed by atoms with Gasteiger partial charge in [0.25, 0.3) is 0 Å². The van der Waals surface area contributed by atoms with E-state index in [-0.39, 0.29) is 48.2 Å². The molecule has 5 rings (SSSR count). The molecule has 0 bridgehead atoms. The molecule has 1 aromatic heterocycles. The number of ketones is 1. The van der Waals surface area contributed by atoms with E-state index >= 15 is 0 Å². The van der Waals surface area contributed by atoms with Crippen LogP contribution >= 0.6 is 0 Å². The predicted octanol–water partition coefficient (Wildman–Crippen LogP) is 1.64. The summed E-state index contributed by atoms with van der Waals surface area (Å²) in [5, 5.41) is 21.2. The second-order valence-corrected chi connectivity index (χ2v) is 8.81. The summed E-state index contributed by atoms with van der Waals surface area (Å²) in [7, 11) is 4.05. The van der Waals surface area contributed by atoms with Crippen LogP contribution in [0.2, 0.25) is 0 Å². The van der Waals surface area contributed by atoms with Crippen LogP contribution in [0.3, 0.4) is 0 Å². The number of hydrogen-bond acceptors (Lipinski definition) is 8. The van der Waals surface area contributed by atoms with E-state index in [9.17, 15) is 14.4 Å². The number of rotatable bonds is 6. The van der Waals surface area contributed by atoms with Crippen molar-refractivity contribution in [2.24, 2.45) is 5.10 Å². The third-order valence-corrected chi connectivity index (χ3v) is 6.19. The van der Waals surface area contributed by atoms with Crippen LogP contribution in [0.25, 0.3) is 0 Å². The predicted molar refractivity (Wildman–Crippen MR) is 124 cm³/mol. The Hall–Kier alpha value is -3.63. The molecular weight excluding hydrogens is 437 g/mol. The zero-order valence-corrected chi connectivity index (χ0v) is 19.0. The fourth-order valence-electron chi connectivity index (χ4n) is 4.80. The van der Waals surface area contributed by atoms with E-state index in [1.54, 1.807) is 4.68 Å². The number of aliphatic hydroxyl groups excluding tert-OH is 1. The number of nitrogens with zero attached hydrogens (tertiary/aromatic N) is 6. The summed E-state index contributed by atoms with van der Waals surface area (Å²) in [6.45, 7) is 1.04. The normalized spacial score (nSPS) is 21.8. The van der Waals surface area contributed by atoms with Crippen LogP contribution in [-0.4, -0.2) is 69.2 Å². The molecule has 3 heterocycles. The van der Waals surface area contributed by atoms with Gasteiger partial charge in [-0.3, -0.25) is 4.79 Å². The second-order valence-electron chi connectivity index (χ2n) is 8.81. The van der Waals surface area contributed by atoms with Crippen LogP contribution in [0.5, 0.6) is 0 Å². The van der Waals surface area contributed by atoms with Crippen LogP contribution in [0.1, 0.15) is 28.8 Å². The molecule has 3 aliphatic rings. The van der Waals surface area contributed by atoms with E-state index in [1.807, 2.05) is 20.2 Å². The first-order valence-corrected chi connectivity index (χ1v) is 11.1.